The van der Waals surface area contributed by atoms with E-state index in [1.807, 2.05) is 0 Å². The summed E-state index contributed by atoms with van der Waals surface area (Å²) in [5.74, 6) is 0. The monoisotopic (exact) mass is 261 g/mol. The van der Waals surface area contributed by atoms with Crippen molar-refractivity contribution in [2.45, 2.75) is 6.92 Å². The molecule has 0 radical (unpaired) electrons. The van der Waals surface area contributed by atoms with Gasteiger partial charge in [-0.15, -0.1) is 0 Å². The van der Waals surface area contributed by atoms with Crippen molar-refractivity contribution >= 4 is 23.4 Å². The minimum Gasteiger partial charge on any atom is -0.377 e. The van der Waals surface area contributed by atoms with Gasteiger partial charge < -0.3 is 4.90 Å². The second kappa shape index (κ2) is 5.01. The van der Waals surface area contributed by atoms with Crippen molar-refractivity contribution in [3.63, 3.8) is 0 Å². The summed E-state index contributed by atoms with van der Waals surface area (Å²) in [6.45, 7) is 2.16. The van der Waals surface area contributed by atoms with Crippen molar-refractivity contribution in [3.05, 3.63) is 70.8 Å². The minimum absolute atomic E-state index is 1.25. The molecule has 0 aromatic heterocycles. The molecule has 2 aromatic carbocycles. The number of hydrogen-bond donors (Lipinski definition) is 0. The number of aryl methyl sites for hydroxylation is 1. The molecule has 0 amide bonds. The predicted octanol–water partition coefficient (Wildman–Crippen LogP) is 4.63. The molecule has 0 unspecified atom stereocenters. The number of allylic oxidation sites excluding steroid dienone is 2. The number of rotatable bonds is 2. The average Bonchev–Trinajstić information content (AvgIpc) is 2.82. The first kappa shape index (κ1) is 12.7. The maximum absolute atomic E-state index is 2.26. The summed E-state index contributed by atoms with van der Waals surface area (Å²) in [4.78, 5) is 2.15. The third-order valence-corrected chi connectivity index (χ3v) is 3.74. The smallest absolute Gasteiger partial charge is 0.0391 e. The van der Waals surface area contributed by atoms with Crippen LogP contribution < -0.4 is 4.90 Å². The maximum Gasteiger partial charge on any atom is 0.0391 e. The van der Waals surface area contributed by atoms with Crippen LogP contribution in [-0.2, 0) is 0 Å². The fraction of sp³-hybridized carbons (Fsp3) is 0.158. The summed E-state index contributed by atoms with van der Waals surface area (Å²) in [5, 5.41) is 0. The van der Waals surface area contributed by atoms with E-state index in [1.54, 1.807) is 0 Å². The first-order valence-corrected chi connectivity index (χ1v) is 6.92. The Morgan fingerprint density at radius 2 is 1.75 bits per heavy atom. The highest BCUT2D eigenvalue weighted by Crippen LogP contribution is 2.31. The van der Waals surface area contributed by atoms with Gasteiger partial charge in [-0.1, -0.05) is 42.5 Å². The lowest BCUT2D eigenvalue weighted by Crippen LogP contribution is -2.09. The van der Waals surface area contributed by atoms with Crippen LogP contribution in [0.15, 0.2) is 48.5 Å². The summed E-state index contributed by atoms with van der Waals surface area (Å²) in [6, 6.07) is 15.1. The Hall–Kier alpha value is -2.28. The zero-order valence-corrected chi connectivity index (χ0v) is 12.2. The highest BCUT2D eigenvalue weighted by Gasteiger charge is 2.09. The molecular formula is C19H19N. The molecule has 20 heavy (non-hydrogen) atoms. The van der Waals surface area contributed by atoms with Crippen LogP contribution in [0.4, 0.5) is 5.69 Å². The third-order valence-electron chi connectivity index (χ3n) is 3.74. The van der Waals surface area contributed by atoms with Gasteiger partial charge in [0.2, 0.25) is 0 Å². The van der Waals surface area contributed by atoms with Gasteiger partial charge in [-0.2, -0.15) is 0 Å². The molecule has 0 bridgehead atoms. The van der Waals surface area contributed by atoms with E-state index in [2.05, 4.69) is 86.6 Å². The minimum atomic E-state index is 1.25. The molecule has 0 fully saturated rings. The zero-order valence-electron chi connectivity index (χ0n) is 12.2. The van der Waals surface area contributed by atoms with Gasteiger partial charge in [0.15, 0.2) is 0 Å². The third kappa shape index (κ3) is 2.27. The van der Waals surface area contributed by atoms with E-state index >= 15 is 0 Å². The highest BCUT2D eigenvalue weighted by atomic mass is 15.1. The lowest BCUT2D eigenvalue weighted by molar-refractivity contribution is 1.11. The van der Waals surface area contributed by atoms with E-state index in [4.69, 9.17) is 0 Å². The van der Waals surface area contributed by atoms with Crippen LogP contribution in [-0.4, -0.2) is 14.1 Å². The van der Waals surface area contributed by atoms with Crippen LogP contribution in [0.3, 0.4) is 0 Å². The van der Waals surface area contributed by atoms with Crippen LogP contribution in [0.25, 0.3) is 17.7 Å². The van der Waals surface area contributed by atoms with E-state index in [0.717, 1.165) is 0 Å². The largest absolute Gasteiger partial charge is 0.377 e. The molecule has 1 aliphatic carbocycles. The molecule has 0 saturated heterocycles. The Balaban J connectivity index is 1.98. The summed E-state index contributed by atoms with van der Waals surface area (Å²) >= 11 is 0. The molecule has 1 nitrogen and oxygen atoms in total. The van der Waals surface area contributed by atoms with Crippen molar-refractivity contribution in [2.75, 3.05) is 19.0 Å². The molecule has 0 aliphatic heterocycles. The van der Waals surface area contributed by atoms with Crippen LogP contribution >= 0.6 is 0 Å². The Morgan fingerprint density at radius 1 is 0.950 bits per heavy atom. The summed E-state index contributed by atoms with van der Waals surface area (Å²) in [7, 11) is 4.16. The van der Waals surface area contributed by atoms with Crippen molar-refractivity contribution in [1.29, 1.82) is 0 Å². The normalized spacial score (nSPS) is 14.7. The van der Waals surface area contributed by atoms with Crippen molar-refractivity contribution in [1.82, 2.24) is 0 Å². The van der Waals surface area contributed by atoms with Crippen LogP contribution in [0.1, 0.15) is 22.3 Å². The molecule has 1 aliphatic rings. The molecule has 0 spiro atoms. The Bertz CT molecular complexity index is 705. The van der Waals surface area contributed by atoms with E-state index < -0.39 is 0 Å². The number of benzene rings is 2. The lowest BCUT2D eigenvalue weighted by Gasteiger charge is -2.15. The van der Waals surface area contributed by atoms with Gasteiger partial charge in [0.05, 0.1) is 0 Å². The zero-order chi connectivity index (χ0) is 14.1. The van der Waals surface area contributed by atoms with Gasteiger partial charge >= 0.3 is 0 Å². The van der Waals surface area contributed by atoms with Gasteiger partial charge in [-0.05, 0) is 53.0 Å². The van der Waals surface area contributed by atoms with Gasteiger partial charge in [0, 0.05) is 19.8 Å². The van der Waals surface area contributed by atoms with Crippen LogP contribution in [0, 0.1) is 6.92 Å². The maximum atomic E-state index is 2.26. The van der Waals surface area contributed by atoms with E-state index in [-0.39, 0.29) is 0 Å². The first-order chi connectivity index (χ1) is 9.65. The quantitative estimate of drug-likeness (QED) is 0.762. The molecule has 100 valence electrons. The Labute approximate surface area is 120 Å². The van der Waals surface area contributed by atoms with E-state index in [9.17, 15) is 0 Å². The van der Waals surface area contributed by atoms with Gasteiger partial charge in [0.1, 0.15) is 0 Å². The fourth-order valence-electron chi connectivity index (χ4n) is 2.75. The van der Waals surface area contributed by atoms with Crippen LogP contribution in [0.2, 0.25) is 0 Å². The molecular weight excluding hydrogens is 242 g/mol. The summed E-state index contributed by atoms with van der Waals surface area (Å²) in [6.07, 6.45) is 6.64. The standard InChI is InChI=1S/C19H19N/c1-14-12-15(8-11-19(14)20(2)3)13-17-10-9-16-6-4-5-7-18(16)17/h4-13H,1-3H3/b17-13-. The van der Waals surface area contributed by atoms with Crippen molar-refractivity contribution < 1.29 is 0 Å². The molecule has 3 rings (SSSR count). The van der Waals surface area contributed by atoms with Gasteiger partial charge in [0.25, 0.3) is 0 Å². The molecule has 0 N–H and O–H groups in total. The van der Waals surface area contributed by atoms with Gasteiger partial charge in [-0.3, -0.25) is 0 Å². The Kier molecular flexibility index (Phi) is 3.19. The number of nitrogens with zero attached hydrogens (tertiary/aromatic N) is 1. The number of hydrogen-bond acceptors (Lipinski definition) is 1. The average molecular weight is 261 g/mol. The highest BCUT2D eigenvalue weighted by molar-refractivity contribution is 5.97. The molecule has 0 heterocycles. The van der Waals surface area contributed by atoms with Gasteiger partial charge in [-0.25, -0.2) is 0 Å². The number of fused-ring (bicyclic) bond motifs is 1. The Morgan fingerprint density at radius 3 is 2.50 bits per heavy atom. The second-order valence-electron chi connectivity index (χ2n) is 5.46. The first-order valence-electron chi connectivity index (χ1n) is 6.92. The molecule has 1 heteroatoms. The van der Waals surface area contributed by atoms with E-state index in [0.29, 0.717) is 0 Å². The number of anilines is 1. The van der Waals surface area contributed by atoms with E-state index in [1.165, 1.54) is 33.5 Å². The fourth-order valence-corrected chi connectivity index (χ4v) is 2.75. The predicted molar refractivity (Wildman–Crippen MR) is 88.9 cm³/mol. The van der Waals surface area contributed by atoms with Crippen molar-refractivity contribution in [2.24, 2.45) is 0 Å². The van der Waals surface area contributed by atoms with Crippen molar-refractivity contribution in [3.8, 4) is 0 Å². The summed E-state index contributed by atoms with van der Waals surface area (Å²) < 4.78 is 0. The van der Waals surface area contributed by atoms with Crippen LogP contribution in [0.5, 0.6) is 0 Å². The SMILES string of the molecule is Cc1cc(/C=C2/C=Cc3ccccc32)ccc1N(C)C. The second-order valence-corrected chi connectivity index (χ2v) is 5.46. The molecule has 0 saturated carbocycles. The molecule has 0 atom stereocenters. The lowest BCUT2D eigenvalue weighted by atomic mass is 10.0. The molecule has 2 aromatic rings. The topological polar surface area (TPSA) is 3.24 Å². The summed E-state index contributed by atoms with van der Waals surface area (Å²) in [5.41, 5.74) is 7.75.